The van der Waals surface area contributed by atoms with E-state index < -0.39 is 0 Å². The van der Waals surface area contributed by atoms with E-state index in [4.69, 9.17) is 0 Å². The molecular formula is C12H23N3O. The van der Waals surface area contributed by atoms with Gasteiger partial charge in [-0.25, -0.2) is 0 Å². The molecule has 1 saturated carbocycles. The number of carbonyl (C=O) groups is 1. The van der Waals surface area contributed by atoms with E-state index in [1.54, 1.807) is 0 Å². The predicted octanol–water partition coefficient (Wildman–Crippen LogP) is 0.387. The van der Waals surface area contributed by atoms with Gasteiger partial charge in [0.25, 0.3) is 0 Å². The third kappa shape index (κ3) is 4.49. The second-order valence-electron chi connectivity index (χ2n) is 4.94. The van der Waals surface area contributed by atoms with Gasteiger partial charge in [-0.05, 0) is 45.2 Å². The molecule has 1 atom stereocenters. The first-order valence-electron chi connectivity index (χ1n) is 6.58. The molecule has 1 saturated heterocycles. The molecule has 2 aliphatic rings. The van der Waals surface area contributed by atoms with Crippen LogP contribution in [0.5, 0.6) is 0 Å². The van der Waals surface area contributed by atoms with Gasteiger partial charge >= 0.3 is 0 Å². The van der Waals surface area contributed by atoms with E-state index in [1.165, 1.54) is 25.7 Å². The van der Waals surface area contributed by atoms with Gasteiger partial charge in [0.15, 0.2) is 0 Å². The molecule has 92 valence electrons. The first kappa shape index (κ1) is 11.9. The van der Waals surface area contributed by atoms with Gasteiger partial charge in [-0.3, -0.25) is 4.79 Å². The Hall–Kier alpha value is -0.610. The summed E-state index contributed by atoms with van der Waals surface area (Å²) >= 11 is 0. The molecule has 3 N–H and O–H groups in total. The fraction of sp³-hybridized carbons (Fsp3) is 0.917. The monoisotopic (exact) mass is 225 g/mol. The second-order valence-corrected chi connectivity index (χ2v) is 4.94. The maximum absolute atomic E-state index is 11.4. The molecule has 4 heteroatoms. The molecule has 16 heavy (non-hydrogen) atoms. The number of piperidine rings is 1. The van der Waals surface area contributed by atoms with Crippen LogP contribution in [0, 0.1) is 0 Å². The summed E-state index contributed by atoms with van der Waals surface area (Å²) in [4.78, 5) is 11.4. The van der Waals surface area contributed by atoms with Crippen molar-refractivity contribution in [3.63, 3.8) is 0 Å². The Labute approximate surface area is 97.6 Å². The van der Waals surface area contributed by atoms with Crippen LogP contribution in [0.2, 0.25) is 0 Å². The number of rotatable bonds is 6. The van der Waals surface area contributed by atoms with Crippen LogP contribution in [0.1, 0.15) is 38.5 Å². The van der Waals surface area contributed by atoms with Crippen LogP contribution in [0.25, 0.3) is 0 Å². The zero-order valence-electron chi connectivity index (χ0n) is 9.93. The van der Waals surface area contributed by atoms with Crippen molar-refractivity contribution in [1.29, 1.82) is 0 Å². The summed E-state index contributed by atoms with van der Waals surface area (Å²) < 4.78 is 0. The summed E-state index contributed by atoms with van der Waals surface area (Å²) in [5.74, 6) is 0.228. The zero-order chi connectivity index (χ0) is 11.2. The van der Waals surface area contributed by atoms with Gasteiger partial charge < -0.3 is 16.0 Å². The predicted molar refractivity (Wildman–Crippen MR) is 64.3 cm³/mol. The van der Waals surface area contributed by atoms with Crippen LogP contribution in [-0.2, 0) is 4.79 Å². The molecule has 4 nitrogen and oxygen atoms in total. The summed E-state index contributed by atoms with van der Waals surface area (Å²) in [6.45, 7) is 3.20. The Morgan fingerprint density at radius 1 is 1.25 bits per heavy atom. The lowest BCUT2D eigenvalue weighted by Crippen LogP contribution is -2.43. The minimum Gasteiger partial charge on any atom is -0.353 e. The van der Waals surface area contributed by atoms with Crippen molar-refractivity contribution in [3.8, 4) is 0 Å². The summed E-state index contributed by atoms with van der Waals surface area (Å²) in [7, 11) is 0. The standard InChI is InChI=1S/C12H23N3O/c16-12(15-10-5-6-10)4-2-8-14-11-3-1-7-13-9-11/h10-11,13-14H,1-9H2,(H,15,16). The molecule has 0 radical (unpaired) electrons. The van der Waals surface area contributed by atoms with Crippen molar-refractivity contribution in [2.45, 2.75) is 50.6 Å². The van der Waals surface area contributed by atoms with Crippen molar-refractivity contribution < 1.29 is 4.79 Å². The van der Waals surface area contributed by atoms with Crippen LogP contribution in [0.15, 0.2) is 0 Å². The summed E-state index contributed by atoms with van der Waals surface area (Å²) in [5.41, 5.74) is 0. The Bertz CT molecular complexity index is 222. The number of carbonyl (C=O) groups excluding carboxylic acids is 1. The second kappa shape index (κ2) is 6.21. The first-order valence-corrected chi connectivity index (χ1v) is 6.58. The minimum absolute atomic E-state index is 0.228. The molecule has 1 heterocycles. The van der Waals surface area contributed by atoms with Crippen molar-refractivity contribution >= 4 is 5.91 Å². The molecule has 1 aliphatic carbocycles. The zero-order valence-corrected chi connectivity index (χ0v) is 9.93. The fourth-order valence-electron chi connectivity index (χ4n) is 2.11. The Balaban J connectivity index is 1.45. The van der Waals surface area contributed by atoms with E-state index in [2.05, 4.69) is 16.0 Å². The highest BCUT2D eigenvalue weighted by atomic mass is 16.1. The summed E-state index contributed by atoms with van der Waals surface area (Å²) in [6, 6.07) is 1.11. The lowest BCUT2D eigenvalue weighted by molar-refractivity contribution is -0.121. The number of amides is 1. The van der Waals surface area contributed by atoms with E-state index in [9.17, 15) is 4.79 Å². The maximum atomic E-state index is 11.4. The normalized spacial score (nSPS) is 25.4. The highest BCUT2D eigenvalue weighted by Gasteiger charge is 2.22. The van der Waals surface area contributed by atoms with Gasteiger partial charge in [0.05, 0.1) is 0 Å². The topological polar surface area (TPSA) is 53.2 Å². The SMILES string of the molecule is O=C(CCCNC1CCCNC1)NC1CC1. The Morgan fingerprint density at radius 3 is 2.81 bits per heavy atom. The lowest BCUT2D eigenvalue weighted by Gasteiger charge is -2.23. The number of hydrogen-bond donors (Lipinski definition) is 3. The van der Waals surface area contributed by atoms with Gasteiger partial charge in [0.2, 0.25) is 5.91 Å². The van der Waals surface area contributed by atoms with Crippen molar-refractivity contribution in [2.75, 3.05) is 19.6 Å². The maximum Gasteiger partial charge on any atom is 0.220 e. The molecule has 0 aromatic rings. The third-order valence-electron chi connectivity index (χ3n) is 3.25. The molecule has 0 bridgehead atoms. The Morgan fingerprint density at radius 2 is 2.12 bits per heavy atom. The van der Waals surface area contributed by atoms with Crippen LogP contribution in [0.4, 0.5) is 0 Å². The average molecular weight is 225 g/mol. The van der Waals surface area contributed by atoms with E-state index in [-0.39, 0.29) is 5.91 Å². The van der Waals surface area contributed by atoms with E-state index in [1.807, 2.05) is 0 Å². The quantitative estimate of drug-likeness (QED) is 0.573. The lowest BCUT2D eigenvalue weighted by atomic mass is 10.1. The fourth-order valence-corrected chi connectivity index (χ4v) is 2.11. The van der Waals surface area contributed by atoms with E-state index in [0.29, 0.717) is 18.5 Å². The molecule has 2 rings (SSSR count). The van der Waals surface area contributed by atoms with Gasteiger partial charge in [-0.15, -0.1) is 0 Å². The smallest absolute Gasteiger partial charge is 0.220 e. The van der Waals surface area contributed by atoms with Crippen LogP contribution < -0.4 is 16.0 Å². The van der Waals surface area contributed by atoms with Crippen LogP contribution in [0.3, 0.4) is 0 Å². The summed E-state index contributed by atoms with van der Waals surface area (Å²) in [5, 5.41) is 9.89. The molecule has 1 aliphatic heterocycles. The molecule has 1 unspecified atom stereocenters. The van der Waals surface area contributed by atoms with Crippen molar-refractivity contribution in [3.05, 3.63) is 0 Å². The molecular weight excluding hydrogens is 202 g/mol. The number of nitrogens with one attached hydrogen (secondary N) is 3. The highest BCUT2D eigenvalue weighted by molar-refractivity contribution is 5.76. The molecule has 0 aromatic heterocycles. The van der Waals surface area contributed by atoms with Gasteiger partial charge in [-0.1, -0.05) is 0 Å². The van der Waals surface area contributed by atoms with Crippen molar-refractivity contribution in [2.24, 2.45) is 0 Å². The van der Waals surface area contributed by atoms with Crippen LogP contribution >= 0.6 is 0 Å². The van der Waals surface area contributed by atoms with Gasteiger partial charge in [0, 0.05) is 25.0 Å². The van der Waals surface area contributed by atoms with E-state index >= 15 is 0 Å². The third-order valence-corrected chi connectivity index (χ3v) is 3.25. The van der Waals surface area contributed by atoms with Crippen LogP contribution in [-0.4, -0.2) is 37.6 Å². The first-order chi connectivity index (χ1) is 7.84. The molecule has 0 spiro atoms. The molecule has 1 amide bonds. The largest absolute Gasteiger partial charge is 0.353 e. The average Bonchev–Trinajstić information content (AvgIpc) is 3.10. The van der Waals surface area contributed by atoms with Crippen molar-refractivity contribution in [1.82, 2.24) is 16.0 Å². The van der Waals surface area contributed by atoms with Gasteiger partial charge in [0.1, 0.15) is 0 Å². The summed E-state index contributed by atoms with van der Waals surface area (Å²) in [6.07, 6.45) is 6.51. The highest BCUT2D eigenvalue weighted by Crippen LogP contribution is 2.18. The van der Waals surface area contributed by atoms with E-state index in [0.717, 1.165) is 26.1 Å². The molecule has 0 aromatic carbocycles. The Kier molecular flexibility index (Phi) is 4.60. The number of hydrogen-bond acceptors (Lipinski definition) is 3. The molecule has 2 fully saturated rings. The minimum atomic E-state index is 0.228. The van der Waals surface area contributed by atoms with Gasteiger partial charge in [-0.2, -0.15) is 0 Å².